The van der Waals surface area contributed by atoms with E-state index in [0.717, 1.165) is 5.56 Å². The zero-order valence-electron chi connectivity index (χ0n) is 25.6. The maximum Gasteiger partial charge on any atom is 0.252 e. The molecule has 1 amide bonds. The minimum Gasteiger partial charge on any atom is -0.494 e. The number of aliphatic hydroxyl groups excluding tert-OH is 1. The Labute approximate surface area is 273 Å². The molecule has 0 radical (unpaired) electrons. The molecule has 0 saturated heterocycles. The van der Waals surface area contributed by atoms with Crippen LogP contribution in [-0.2, 0) is 32.5 Å². The third-order valence-electron chi connectivity index (χ3n) is 7.82. The molecule has 0 fully saturated rings. The summed E-state index contributed by atoms with van der Waals surface area (Å²) in [5.74, 6) is -0.157. The minimum atomic E-state index is -3.82. The van der Waals surface area contributed by atoms with Gasteiger partial charge < -0.3 is 19.9 Å². The van der Waals surface area contributed by atoms with E-state index in [1.165, 1.54) is 12.1 Å². The van der Waals surface area contributed by atoms with Gasteiger partial charge in [0.2, 0.25) is 5.90 Å². The number of rotatable bonds is 15. The summed E-state index contributed by atoms with van der Waals surface area (Å²) in [7, 11) is -3.82. The molecule has 242 valence electrons. The van der Waals surface area contributed by atoms with Crippen LogP contribution >= 0.6 is 0 Å². The fourth-order valence-electron chi connectivity index (χ4n) is 5.36. The van der Waals surface area contributed by atoms with Crippen molar-refractivity contribution in [2.45, 2.75) is 42.5 Å². The molecule has 1 aliphatic rings. The van der Waals surface area contributed by atoms with Crippen LogP contribution in [0, 0.1) is 0 Å². The van der Waals surface area contributed by atoms with Crippen LogP contribution in [0.25, 0.3) is 10.4 Å². The van der Waals surface area contributed by atoms with Crippen molar-refractivity contribution in [3.8, 4) is 5.75 Å². The first kappa shape index (κ1) is 33.2. The van der Waals surface area contributed by atoms with Crippen LogP contribution in [0.3, 0.4) is 0 Å². The van der Waals surface area contributed by atoms with E-state index in [2.05, 4.69) is 15.3 Å². The van der Waals surface area contributed by atoms with Gasteiger partial charge in [0.15, 0.2) is 21.5 Å². The van der Waals surface area contributed by atoms with Gasteiger partial charge in [0.05, 0.1) is 23.8 Å². The van der Waals surface area contributed by atoms with Crippen LogP contribution in [0.1, 0.15) is 41.2 Å². The van der Waals surface area contributed by atoms with E-state index in [9.17, 15) is 13.2 Å². The monoisotopic (exact) mass is 653 g/mol. The van der Waals surface area contributed by atoms with Gasteiger partial charge in [0.25, 0.3) is 5.91 Å². The van der Waals surface area contributed by atoms with Gasteiger partial charge in [-0.2, -0.15) is 0 Å². The summed E-state index contributed by atoms with van der Waals surface area (Å²) in [6.07, 6.45) is -0.761. The van der Waals surface area contributed by atoms with Gasteiger partial charge in [-0.25, -0.2) is 13.4 Å². The second-order valence-corrected chi connectivity index (χ2v) is 13.0. The normalized spacial score (nSPS) is 17.2. The summed E-state index contributed by atoms with van der Waals surface area (Å²) in [6.45, 7) is 0.536. The number of sulfone groups is 1. The number of amides is 1. The summed E-state index contributed by atoms with van der Waals surface area (Å²) in [4.78, 5) is 22.4. The Morgan fingerprint density at radius 2 is 1.66 bits per heavy atom. The summed E-state index contributed by atoms with van der Waals surface area (Å²) < 4.78 is 39.4. The highest BCUT2D eigenvalue weighted by Crippen LogP contribution is 2.44. The van der Waals surface area contributed by atoms with Crippen molar-refractivity contribution in [1.82, 2.24) is 5.32 Å². The Bertz CT molecular complexity index is 1850. The lowest BCUT2D eigenvalue weighted by Gasteiger charge is -2.31. The maximum atomic E-state index is 14.5. The summed E-state index contributed by atoms with van der Waals surface area (Å²) >= 11 is 0. The average Bonchev–Trinajstić information content (AvgIpc) is 3.51. The molecule has 4 aromatic rings. The van der Waals surface area contributed by atoms with Crippen molar-refractivity contribution in [2.75, 3.05) is 19.0 Å². The number of aliphatic imine (C=N–C) groups is 1. The number of benzene rings is 4. The van der Waals surface area contributed by atoms with Crippen LogP contribution in [-0.4, -0.2) is 49.8 Å². The second kappa shape index (κ2) is 15.4. The van der Waals surface area contributed by atoms with Crippen LogP contribution < -0.4 is 10.1 Å². The molecule has 0 aliphatic carbocycles. The first-order chi connectivity index (χ1) is 22.9. The van der Waals surface area contributed by atoms with Crippen LogP contribution in [0.4, 0.5) is 0 Å². The SMILES string of the molecule is [N-]=[N+]=NCc1ccccc1[C@@H]1OC(c2ccc(OCCCO)cc2)=N[C@]1(CCS(=O)(=O)c1ccccc1)C(=O)NCc1ccccc1. The number of hydrogen-bond acceptors (Lipinski definition) is 8. The van der Waals surface area contributed by atoms with Gasteiger partial charge in [-0.1, -0.05) is 77.9 Å². The number of carbonyl (C=O) groups is 1. The van der Waals surface area contributed by atoms with E-state index in [-0.39, 0.29) is 42.7 Å². The molecule has 11 nitrogen and oxygen atoms in total. The van der Waals surface area contributed by atoms with Gasteiger partial charge in [-0.3, -0.25) is 4.79 Å². The predicted octanol–water partition coefficient (Wildman–Crippen LogP) is 5.70. The Hall–Kier alpha value is -5.16. The number of nitrogens with zero attached hydrogens (tertiary/aromatic N) is 4. The second-order valence-electron chi connectivity index (χ2n) is 10.9. The van der Waals surface area contributed by atoms with Crippen molar-refractivity contribution < 1.29 is 27.8 Å². The van der Waals surface area contributed by atoms with Crippen molar-refractivity contribution in [3.63, 3.8) is 0 Å². The highest BCUT2D eigenvalue weighted by molar-refractivity contribution is 7.91. The molecule has 2 N–H and O–H groups in total. The molecule has 0 aromatic heterocycles. The molecule has 47 heavy (non-hydrogen) atoms. The van der Waals surface area contributed by atoms with Crippen molar-refractivity contribution in [1.29, 1.82) is 0 Å². The lowest BCUT2D eigenvalue weighted by atomic mass is 9.83. The fourth-order valence-corrected chi connectivity index (χ4v) is 6.74. The van der Waals surface area contributed by atoms with Crippen LogP contribution in [0.2, 0.25) is 0 Å². The van der Waals surface area contributed by atoms with Crippen molar-refractivity contribution in [2.24, 2.45) is 10.1 Å². The quantitative estimate of drug-likeness (QED) is 0.0724. The zero-order chi connectivity index (χ0) is 33.1. The Morgan fingerprint density at radius 1 is 0.979 bits per heavy atom. The van der Waals surface area contributed by atoms with Crippen LogP contribution in [0.15, 0.2) is 124 Å². The number of carbonyl (C=O) groups excluding carboxylic acids is 1. The van der Waals surface area contributed by atoms with Gasteiger partial charge in [-0.15, -0.1) is 0 Å². The van der Waals surface area contributed by atoms with Gasteiger partial charge in [0.1, 0.15) is 5.75 Å². The maximum absolute atomic E-state index is 14.5. The molecule has 0 saturated carbocycles. The third kappa shape index (κ3) is 7.98. The number of aliphatic hydroxyl groups is 1. The third-order valence-corrected chi connectivity index (χ3v) is 9.55. The lowest BCUT2D eigenvalue weighted by molar-refractivity contribution is -0.129. The smallest absolute Gasteiger partial charge is 0.252 e. The summed E-state index contributed by atoms with van der Waals surface area (Å²) in [5, 5.41) is 15.8. The zero-order valence-corrected chi connectivity index (χ0v) is 26.4. The first-order valence-electron chi connectivity index (χ1n) is 15.2. The fraction of sp³-hybridized carbons (Fsp3) is 0.257. The molecule has 5 rings (SSSR count). The van der Waals surface area contributed by atoms with Gasteiger partial charge >= 0.3 is 0 Å². The number of hydrogen-bond donors (Lipinski definition) is 2. The first-order valence-corrected chi connectivity index (χ1v) is 16.8. The standard InChI is InChI=1S/C35H35N5O6S/c36-40-38-25-28-12-7-8-15-31(28)32-35(34(42)37-24-26-10-3-1-4-11-26,20-23-47(43,44)30-13-5-2-6-14-30)39-33(46-32)27-16-18-29(19-17-27)45-22-9-21-41/h1-8,10-19,32,41H,9,20-25H2,(H,37,42)/t32-,35-/m0/s1. The Kier molecular flexibility index (Phi) is 10.9. The highest BCUT2D eigenvalue weighted by Gasteiger charge is 2.54. The molecule has 0 bridgehead atoms. The Morgan fingerprint density at radius 3 is 2.36 bits per heavy atom. The van der Waals surface area contributed by atoms with E-state index in [4.69, 9.17) is 25.1 Å². The average molecular weight is 654 g/mol. The van der Waals surface area contributed by atoms with E-state index in [1.54, 1.807) is 66.7 Å². The molecule has 2 atom stereocenters. The largest absolute Gasteiger partial charge is 0.494 e. The molecule has 12 heteroatoms. The number of azide groups is 1. The van der Waals surface area contributed by atoms with Crippen LogP contribution in [0.5, 0.6) is 5.75 Å². The molecule has 1 aliphatic heterocycles. The number of nitrogens with one attached hydrogen (secondary N) is 1. The van der Waals surface area contributed by atoms with E-state index in [1.807, 2.05) is 30.3 Å². The van der Waals surface area contributed by atoms with E-state index < -0.39 is 27.4 Å². The Balaban J connectivity index is 1.59. The molecular formula is C35H35N5O6S. The van der Waals surface area contributed by atoms with Crippen molar-refractivity contribution >= 4 is 21.6 Å². The van der Waals surface area contributed by atoms with Gasteiger partial charge in [0, 0.05) is 36.5 Å². The van der Waals surface area contributed by atoms with Crippen molar-refractivity contribution in [3.05, 3.63) is 142 Å². The molecule has 0 spiro atoms. The van der Waals surface area contributed by atoms with Gasteiger partial charge in [-0.05, 0) is 58.6 Å². The minimum absolute atomic E-state index is 0.00816. The molecular weight excluding hydrogens is 618 g/mol. The summed E-state index contributed by atoms with van der Waals surface area (Å²) in [6, 6.07) is 31.5. The summed E-state index contributed by atoms with van der Waals surface area (Å²) in [5.41, 5.74) is 9.93. The topological polar surface area (TPSA) is 163 Å². The van der Waals surface area contributed by atoms with E-state index in [0.29, 0.717) is 35.5 Å². The molecule has 4 aromatic carbocycles. The molecule has 0 unspecified atom stereocenters. The molecule has 1 heterocycles. The predicted molar refractivity (Wildman–Crippen MR) is 177 cm³/mol. The highest BCUT2D eigenvalue weighted by atomic mass is 32.2. The lowest BCUT2D eigenvalue weighted by Crippen LogP contribution is -2.49. The number of ether oxygens (including phenoxy) is 2. The van der Waals surface area contributed by atoms with E-state index >= 15 is 0 Å².